The van der Waals surface area contributed by atoms with E-state index in [1.165, 1.54) is 0 Å². The van der Waals surface area contributed by atoms with Gasteiger partial charge in [0.05, 0.1) is 0 Å². The molecular weight excluding hydrogens is 427 g/mol. The molecule has 2 N–H and O–H groups in total. The van der Waals surface area contributed by atoms with E-state index in [0.717, 1.165) is 22.0 Å². The van der Waals surface area contributed by atoms with Crippen molar-refractivity contribution in [2.24, 2.45) is 0 Å². The Morgan fingerprint density at radius 3 is 2.70 bits per heavy atom. The molecule has 0 amide bonds. The fourth-order valence-corrected chi connectivity index (χ4v) is 2.08. The minimum atomic E-state index is 0. The molecule has 0 bridgehead atoms. The van der Waals surface area contributed by atoms with E-state index in [1.807, 2.05) is 42.5 Å². The molecule has 0 aliphatic carbocycles. The van der Waals surface area contributed by atoms with Crippen LogP contribution < -0.4 is 10.4 Å². The summed E-state index contributed by atoms with van der Waals surface area (Å²) < 4.78 is 4.70. The van der Waals surface area contributed by atoms with Gasteiger partial charge in [0.15, 0.2) is 0 Å². The summed E-state index contributed by atoms with van der Waals surface area (Å²) in [5, 5.41) is 2.06. The number of benzene rings is 2. The van der Waals surface area contributed by atoms with E-state index in [1.54, 1.807) is 6.07 Å². The number of fused-ring (bicyclic) bond motifs is 1. The molecule has 0 aliphatic rings. The second-order valence-corrected chi connectivity index (χ2v) is 4.16. The monoisotopic (exact) mass is 438 g/mol. The number of nitrogen functional groups attached to an aromatic ring is 1. The number of aromatic nitrogens is 1. The standard InChI is InChI=1S/C15H10BN2O.Ir/c16-19-12-6-3-5-11(8-12)15-13-7-2-1-4-10(13)9-14(17)18-15;/h1-7,9H,(H2,17,18);/q-1;. The van der Waals surface area contributed by atoms with E-state index < -0.39 is 0 Å². The summed E-state index contributed by atoms with van der Waals surface area (Å²) in [6.45, 7) is 0. The summed E-state index contributed by atoms with van der Waals surface area (Å²) in [5.74, 6) is 0.937. The molecular formula is C15H10BIrN2O-. The minimum Gasteiger partial charge on any atom is -0.581 e. The molecule has 3 radical (unpaired) electrons. The summed E-state index contributed by atoms with van der Waals surface area (Å²) in [4.78, 5) is 4.40. The van der Waals surface area contributed by atoms with Gasteiger partial charge in [0.25, 0.3) is 0 Å². The van der Waals surface area contributed by atoms with Crippen LogP contribution >= 0.6 is 0 Å². The van der Waals surface area contributed by atoms with Crippen LogP contribution in [0.5, 0.6) is 5.75 Å². The Balaban J connectivity index is 0.00000147. The number of hydrogen-bond donors (Lipinski definition) is 1. The van der Waals surface area contributed by atoms with Gasteiger partial charge in [-0.25, -0.2) is 0 Å². The number of rotatable bonds is 2. The third-order valence-electron chi connectivity index (χ3n) is 2.91. The zero-order valence-corrected chi connectivity index (χ0v) is 12.9. The van der Waals surface area contributed by atoms with Gasteiger partial charge in [0, 0.05) is 25.9 Å². The van der Waals surface area contributed by atoms with Crippen molar-refractivity contribution < 1.29 is 24.8 Å². The predicted octanol–water partition coefficient (Wildman–Crippen LogP) is 2.74. The number of pyridine rings is 1. The zero-order valence-electron chi connectivity index (χ0n) is 10.5. The summed E-state index contributed by atoms with van der Waals surface area (Å²) >= 11 is 0. The van der Waals surface area contributed by atoms with Crippen LogP contribution in [0.4, 0.5) is 5.82 Å². The topological polar surface area (TPSA) is 48.1 Å². The summed E-state index contributed by atoms with van der Waals surface area (Å²) in [7, 11) is 5.16. The van der Waals surface area contributed by atoms with Gasteiger partial charge in [-0.2, -0.15) is 0 Å². The fraction of sp³-hybridized carbons (Fsp3) is 0. The third kappa shape index (κ3) is 2.69. The first-order chi connectivity index (χ1) is 9.28. The number of nitrogens with zero attached hydrogens (tertiary/aromatic N) is 1. The van der Waals surface area contributed by atoms with Crippen LogP contribution in [-0.4, -0.2) is 13.0 Å². The minimum absolute atomic E-state index is 0. The molecule has 99 valence electrons. The van der Waals surface area contributed by atoms with Crippen molar-refractivity contribution in [2.45, 2.75) is 0 Å². The molecule has 0 atom stereocenters. The first-order valence-corrected chi connectivity index (χ1v) is 5.82. The van der Waals surface area contributed by atoms with Gasteiger partial charge in [0.1, 0.15) is 5.82 Å². The van der Waals surface area contributed by atoms with Crippen molar-refractivity contribution in [1.29, 1.82) is 0 Å². The van der Waals surface area contributed by atoms with Gasteiger partial charge < -0.3 is 10.4 Å². The van der Waals surface area contributed by atoms with Crippen molar-refractivity contribution >= 4 is 24.6 Å². The molecule has 3 aromatic rings. The van der Waals surface area contributed by atoms with Crippen LogP contribution in [0.25, 0.3) is 22.0 Å². The molecule has 2 aromatic carbocycles. The summed E-state index contributed by atoms with van der Waals surface area (Å²) in [5.41, 5.74) is 7.42. The molecule has 1 aromatic heterocycles. The van der Waals surface area contributed by atoms with E-state index in [-0.39, 0.29) is 20.1 Å². The Bertz CT molecular complexity index is 749. The molecule has 0 aliphatic heterocycles. The Morgan fingerprint density at radius 1 is 1.10 bits per heavy atom. The van der Waals surface area contributed by atoms with Crippen LogP contribution in [-0.2, 0) is 20.1 Å². The summed E-state index contributed by atoms with van der Waals surface area (Å²) in [6.07, 6.45) is 0. The molecule has 0 saturated heterocycles. The van der Waals surface area contributed by atoms with Crippen molar-refractivity contribution in [3.8, 4) is 17.0 Å². The molecule has 5 heteroatoms. The van der Waals surface area contributed by atoms with E-state index in [9.17, 15) is 0 Å². The average Bonchev–Trinajstić information content (AvgIpc) is 2.46. The van der Waals surface area contributed by atoms with Gasteiger partial charge in [-0.1, -0.05) is 30.3 Å². The number of hydrogen-bond acceptors (Lipinski definition) is 3. The molecule has 0 spiro atoms. The van der Waals surface area contributed by atoms with Crippen molar-refractivity contribution in [3.05, 3.63) is 54.6 Å². The van der Waals surface area contributed by atoms with E-state index in [2.05, 4.69) is 11.1 Å². The Kier molecular flexibility index (Phi) is 4.43. The first-order valence-electron chi connectivity index (χ1n) is 5.82. The predicted molar refractivity (Wildman–Crippen MR) is 76.8 cm³/mol. The van der Waals surface area contributed by atoms with Crippen LogP contribution in [0, 0.1) is 6.07 Å². The third-order valence-corrected chi connectivity index (χ3v) is 2.91. The molecule has 0 fully saturated rings. The molecule has 1 heterocycles. The smallest absolute Gasteiger partial charge is 0.371 e. The second-order valence-electron chi connectivity index (χ2n) is 4.16. The fourth-order valence-electron chi connectivity index (χ4n) is 2.08. The van der Waals surface area contributed by atoms with Crippen LogP contribution in [0.2, 0.25) is 0 Å². The maximum Gasteiger partial charge on any atom is 0.371 e. The second kappa shape index (κ2) is 6.08. The normalized spacial score (nSPS) is 10.0. The molecule has 3 nitrogen and oxygen atoms in total. The van der Waals surface area contributed by atoms with Gasteiger partial charge in [-0.3, -0.25) is 4.98 Å². The largest absolute Gasteiger partial charge is 0.581 e. The van der Waals surface area contributed by atoms with Gasteiger partial charge in [-0.15, -0.1) is 23.8 Å². The Morgan fingerprint density at radius 2 is 1.90 bits per heavy atom. The first kappa shape index (κ1) is 14.6. The Labute approximate surface area is 132 Å². The average molecular weight is 437 g/mol. The molecule has 0 unspecified atom stereocenters. The van der Waals surface area contributed by atoms with Crippen molar-refractivity contribution in [1.82, 2.24) is 4.98 Å². The van der Waals surface area contributed by atoms with Crippen molar-refractivity contribution in [3.63, 3.8) is 0 Å². The van der Waals surface area contributed by atoms with E-state index in [0.29, 0.717) is 11.6 Å². The van der Waals surface area contributed by atoms with Gasteiger partial charge in [-0.05, 0) is 22.5 Å². The molecule has 0 saturated carbocycles. The van der Waals surface area contributed by atoms with Gasteiger partial charge >= 0.3 is 8.05 Å². The van der Waals surface area contributed by atoms with E-state index in [4.69, 9.17) is 18.4 Å². The molecule has 20 heavy (non-hydrogen) atoms. The Hall–Kier alpha value is -1.84. The quantitative estimate of drug-likeness (QED) is 0.496. The maximum absolute atomic E-state index is 5.85. The number of anilines is 1. The van der Waals surface area contributed by atoms with E-state index >= 15 is 0 Å². The zero-order chi connectivity index (χ0) is 13.2. The van der Waals surface area contributed by atoms with Crippen molar-refractivity contribution in [2.75, 3.05) is 5.73 Å². The molecule has 3 rings (SSSR count). The number of nitrogens with two attached hydrogens (primary N) is 1. The maximum atomic E-state index is 5.85. The summed E-state index contributed by atoms with van der Waals surface area (Å²) in [6, 6.07) is 18.3. The van der Waals surface area contributed by atoms with Gasteiger partial charge in [0.2, 0.25) is 0 Å². The van der Waals surface area contributed by atoms with Crippen LogP contribution in [0.3, 0.4) is 0 Å². The van der Waals surface area contributed by atoms with Crippen LogP contribution in [0.1, 0.15) is 0 Å². The SMILES string of the molecule is [B]Oc1[c-]c(-c2nc(N)cc3ccccc23)ccc1.[Ir]. The van der Waals surface area contributed by atoms with Crippen LogP contribution in [0.15, 0.2) is 48.5 Å².